The van der Waals surface area contributed by atoms with Gasteiger partial charge < -0.3 is 14.7 Å². The van der Waals surface area contributed by atoms with Gasteiger partial charge in [-0.2, -0.15) is 0 Å². The molecule has 1 N–H and O–H groups in total. The minimum absolute atomic E-state index is 0.124. The molecule has 1 aliphatic heterocycles. The predicted octanol–water partition coefficient (Wildman–Crippen LogP) is 1.97. The first-order valence-corrected chi connectivity index (χ1v) is 7.02. The Morgan fingerprint density at radius 1 is 1.19 bits per heavy atom. The van der Waals surface area contributed by atoms with Crippen molar-refractivity contribution in [3.8, 4) is 5.88 Å². The van der Waals surface area contributed by atoms with E-state index in [1.165, 1.54) is 0 Å². The van der Waals surface area contributed by atoms with Crippen molar-refractivity contribution in [3.05, 3.63) is 36.7 Å². The maximum absolute atomic E-state index is 9.19. The van der Waals surface area contributed by atoms with Crippen LogP contribution in [0.3, 0.4) is 0 Å². The van der Waals surface area contributed by atoms with E-state index in [9.17, 15) is 5.11 Å². The average molecular weight is 281 g/mol. The van der Waals surface area contributed by atoms with Gasteiger partial charge in [-0.25, -0.2) is 4.98 Å². The van der Waals surface area contributed by atoms with Crippen molar-refractivity contribution >= 4 is 27.4 Å². The van der Waals surface area contributed by atoms with Crippen LogP contribution >= 0.6 is 0 Å². The van der Waals surface area contributed by atoms with E-state index in [1.54, 1.807) is 6.20 Å². The topological polar surface area (TPSA) is 58.5 Å². The second-order valence-electron chi connectivity index (χ2n) is 5.14. The van der Waals surface area contributed by atoms with E-state index in [4.69, 9.17) is 4.74 Å². The Morgan fingerprint density at radius 3 is 3.05 bits per heavy atom. The van der Waals surface area contributed by atoms with Crippen molar-refractivity contribution in [2.75, 3.05) is 31.2 Å². The summed E-state index contributed by atoms with van der Waals surface area (Å²) in [6, 6.07) is 8.21. The SMILES string of the molecule is OCCN1CCOc2nc3cc4ccncc4cc3cc21. The minimum Gasteiger partial charge on any atom is -0.474 e. The van der Waals surface area contributed by atoms with Crippen LogP contribution < -0.4 is 9.64 Å². The number of rotatable bonds is 2. The molecule has 0 saturated carbocycles. The molecule has 21 heavy (non-hydrogen) atoms. The first-order valence-electron chi connectivity index (χ1n) is 7.02. The highest BCUT2D eigenvalue weighted by atomic mass is 16.5. The number of pyridine rings is 2. The fraction of sp³-hybridized carbons (Fsp3) is 0.250. The van der Waals surface area contributed by atoms with E-state index in [-0.39, 0.29) is 6.61 Å². The Balaban J connectivity index is 1.93. The molecule has 0 bridgehead atoms. The van der Waals surface area contributed by atoms with Gasteiger partial charge in [-0.3, -0.25) is 4.98 Å². The molecular formula is C16H15N3O2. The molecule has 3 heterocycles. The molecule has 0 fully saturated rings. The van der Waals surface area contributed by atoms with Gasteiger partial charge in [-0.15, -0.1) is 0 Å². The summed E-state index contributed by atoms with van der Waals surface area (Å²) in [7, 11) is 0. The van der Waals surface area contributed by atoms with Crippen molar-refractivity contribution in [2.45, 2.75) is 0 Å². The summed E-state index contributed by atoms with van der Waals surface area (Å²) in [5, 5.41) is 12.5. The van der Waals surface area contributed by atoms with Crippen molar-refractivity contribution < 1.29 is 9.84 Å². The first kappa shape index (κ1) is 12.3. The predicted molar refractivity (Wildman–Crippen MR) is 81.8 cm³/mol. The van der Waals surface area contributed by atoms with Crippen LogP contribution in [0.5, 0.6) is 5.88 Å². The van der Waals surface area contributed by atoms with Gasteiger partial charge in [0, 0.05) is 29.7 Å². The monoisotopic (exact) mass is 281 g/mol. The molecule has 0 radical (unpaired) electrons. The maximum Gasteiger partial charge on any atom is 0.238 e. The zero-order valence-electron chi connectivity index (χ0n) is 11.5. The van der Waals surface area contributed by atoms with Crippen LogP contribution in [-0.2, 0) is 0 Å². The van der Waals surface area contributed by atoms with Crippen LogP contribution in [0.25, 0.3) is 21.7 Å². The number of aliphatic hydroxyl groups is 1. The van der Waals surface area contributed by atoms with E-state index in [0.29, 0.717) is 19.0 Å². The Bertz CT molecular complexity index is 819. The third kappa shape index (κ3) is 2.06. The highest BCUT2D eigenvalue weighted by molar-refractivity contribution is 5.97. The molecule has 3 aromatic rings. The number of aromatic nitrogens is 2. The normalized spacial score (nSPS) is 14.2. The standard InChI is InChI=1S/C16H15N3O2/c20-5-3-19-4-6-21-16-15(19)9-12-7-13-10-17-2-1-11(13)8-14(12)18-16/h1-2,7-10,20H,3-6H2. The third-order valence-corrected chi connectivity index (χ3v) is 3.83. The summed E-state index contributed by atoms with van der Waals surface area (Å²) in [6.07, 6.45) is 3.64. The number of nitrogens with zero attached hydrogens (tertiary/aromatic N) is 3. The van der Waals surface area contributed by atoms with Crippen LogP contribution in [0, 0.1) is 0 Å². The number of benzene rings is 1. The van der Waals surface area contributed by atoms with Gasteiger partial charge in [0.1, 0.15) is 12.3 Å². The molecule has 5 nitrogen and oxygen atoms in total. The number of hydrogen-bond donors (Lipinski definition) is 1. The Kier molecular flexibility index (Phi) is 2.86. The number of β-amino-alcohol motifs (C(OH)–C–C–N with tert-alkyl or cyclic N) is 1. The third-order valence-electron chi connectivity index (χ3n) is 3.83. The second-order valence-corrected chi connectivity index (χ2v) is 5.14. The zero-order chi connectivity index (χ0) is 14.2. The van der Waals surface area contributed by atoms with Gasteiger partial charge in [-0.05, 0) is 29.7 Å². The first-order chi connectivity index (χ1) is 10.3. The molecule has 0 spiro atoms. The van der Waals surface area contributed by atoms with Crippen molar-refractivity contribution in [1.82, 2.24) is 9.97 Å². The molecule has 0 atom stereocenters. The quantitative estimate of drug-likeness (QED) is 0.728. The van der Waals surface area contributed by atoms with Crippen LogP contribution in [0.15, 0.2) is 36.7 Å². The lowest BCUT2D eigenvalue weighted by Gasteiger charge is -2.30. The molecule has 1 aliphatic rings. The molecule has 0 aliphatic carbocycles. The number of hydrogen-bond acceptors (Lipinski definition) is 5. The van der Waals surface area contributed by atoms with Gasteiger partial charge in [-0.1, -0.05) is 0 Å². The lowest BCUT2D eigenvalue weighted by Crippen LogP contribution is -2.35. The smallest absolute Gasteiger partial charge is 0.238 e. The number of anilines is 1. The average Bonchev–Trinajstić information content (AvgIpc) is 2.52. The van der Waals surface area contributed by atoms with Gasteiger partial charge in [0.05, 0.1) is 18.7 Å². The summed E-state index contributed by atoms with van der Waals surface area (Å²) in [5.41, 5.74) is 1.87. The summed E-state index contributed by atoms with van der Waals surface area (Å²) < 4.78 is 5.67. The summed E-state index contributed by atoms with van der Waals surface area (Å²) >= 11 is 0. The number of fused-ring (bicyclic) bond motifs is 3. The molecule has 5 heteroatoms. The summed E-state index contributed by atoms with van der Waals surface area (Å²) in [5.74, 6) is 0.649. The van der Waals surface area contributed by atoms with Gasteiger partial charge in [0.25, 0.3) is 0 Å². The van der Waals surface area contributed by atoms with Gasteiger partial charge >= 0.3 is 0 Å². The van der Waals surface area contributed by atoms with Crippen LogP contribution in [0.4, 0.5) is 5.69 Å². The molecule has 1 aromatic carbocycles. The Labute approximate surface area is 121 Å². The minimum atomic E-state index is 0.124. The van der Waals surface area contributed by atoms with Gasteiger partial charge in [0.15, 0.2) is 0 Å². The lowest BCUT2D eigenvalue weighted by molar-refractivity contribution is 0.273. The number of ether oxygens (including phenoxy) is 1. The van der Waals surface area contributed by atoms with Crippen molar-refractivity contribution in [1.29, 1.82) is 0 Å². The van der Waals surface area contributed by atoms with E-state index in [2.05, 4.69) is 33.1 Å². The highest BCUT2D eigenvalue weighted by Gasteiger charge is 2.19. The Hall–Kier alpha value is -2.40. The second kappa shape index (κ2) is 4.86. The largest absolute Gasteiger partial charge is 0.474 e. The molecule has 2 aromatic heterocycles. The summed E-state index contributed by atoms with van der Waals surface area (Å²) in [6.45, 7) is 2.09. The number of aliphatic hydroxyl groups excluding tert-OH is 1. The van der Waals surface area contributed by atoms with Crippen LogP contribution in [0.1, 0.15) is 0 Å². The van der Waals surface area contributed by atoms with E-state index in [0.717, 1.165) is 33.9 Å². The fourth-order valence-corrected chi connectivity index (χ4v) is 2.79. The van der Waals surface area contributed by atoms with E-state index >= 15 is 0 Å². The molecule has 0 unspecified atom stereocenters. The summed E-state index contributed by atoms with van der Waals surface area (Å²) in [4.78, 5) is 10.9. The lowest BCUT2D eigenvalue weighted by atomic mass is 10.1. The van der Waals surface area contributed by atoms with E-state index < -0.39 is 0 Å². The molecule has 4 rings (SSSR count). The van der Waals surface area contributed by atoms with Crippen LogP contribution in [0.2, 0.25) is 0 Å². The maximum atomic E-state index is 9.19. The van der Waals surface area contributed by atoms with E-state index in [1.807, 2.05) is 12.3 Å². The zero-order valence-corrected chi connectivity index (χ0v) is 11.5. The highest BCUT2D eigenvalue weighted by Crippen LogP contribution is 2.34. The van der Waals surface area contributed by atoms with Gasteiger partial charge in [0.2, 0.25) is 5.88 Å². The van der Waals surface area contributed by atoms with Crippen molar-refractivity contribution in [2.24, 2.45) is 0 Å². The fourth-order valence-electron chi connectivity index (χ4n) is 2.79. The molecule has 106 valence electrons. The van der Waals surface area contributed by atoms with Crippen LogP contribution in [-0.4, -0.2) is 41.4 Å². The molecule has 0 amide bonds. The van der Waals surface area contributed by atoms with Crippen molar-refractivity contribution in [3.63, 3.8) is 0 Å². The molecule has 0 saturated heterocycles. The molecular weight excluding hydrogens is 266 g/mol. The Morgan fingerprint density at radius 2 is 2.14 bits per heavy atom.